The van der Waals surface area contributed by atoms with E-state index < -0.39 is 22.5 Å². The quantitative estimate of drug-likeness (QED) is 0.610. The molecule has 0 unspecified atom stereocenters. The van der Waals surface area contributed by atoms with E-state index in [2.05, 4.69) is 10.5 Å². The summed E-state index contributed by atoms with van der Waals surface area (Å²) < 4.78 is 27.9. The van der Waals surface area contributed by atoms with E-state index in [9.17, 15) is 13.2 Å². The third kappa shape index (κ3) is 6.31. The lowest BCUT2D eigenvalue weighted by Crippen LogP contribution is -2.40. The smallest absolute Gasteiger partial charge is 0.264 e. The molecule has 3 rings (SSSR count). The van der Waals surface area contributed by atoms with Crippen LogP contribution in [-0.2, 0) is 14.8 Å². The van der Waals surface area contributed by atoms with Crippen molar-refractivity contribution >= 4 is 38.9 Å². The van der Waals surface area contributed by atoms with Crippen LogP contribution in [0.3, 0.4) is 0 Å². The molecular formula is C23H28ClN3O3S. The van der Waals surface area contributed by atoms with Crippen LogP contribution in [0.1, 0.15) is 50.5 Å². The van der Waals surface area contributed by atoms with Gasteiger partial charge in [-0.1, -0.05) is 55.1 Å². The zero-order chi connectivity index (χ0) is 22.3. The summed E-state index contributed by atoms with van der Waals surface area (Å²) in [4.78, 5) is 12.8. The second-order valence-electron chi connectivity index (χ2n) is 7.74. The Hall–Kier alpha value is -2.38. The lowest BCUT2D eigenvalue weighted by Gasteiger charge is -2.25. The summed E-state index contributed by atoms with van der Waals surface area (Å²) in [6, 6.07) is 13.0. The van der Waals surface area contributed by atoms with Gasteiger partial charge in [-0.25, -0.2) is 13.8 Å². The highest BCUT2D eigenvalue weighted by Crippen LogP contribution is 2.29. The molecule has 31 heavy (non-hydrogen) atoms. The Morgan fingerprint density at radius 3 is 2.35 bits per heavy atom. The molecule has 1 aliphatic carbocycles. The number of halogens is 1. The number of nitrogens with zero attached hydrogens (tertiary/aromatic N) is 2. The SMILES string of the molecule is Cc1ccc(Cl)cc1N(CC(=O)NN=C1CCCCCCC1)S(=O)(=O)c1ccccc1. The van der Waals surface area contributed by atoms with E-state index in [1.54, 1.807) is 43.3 Å². The Morgan fingerprint density at radius 1 is 1.03 bits per heavy atom. The highest BCUT2D eigenvalue weighted by molar-refractivity contribution is 7.92. The van der Waals surface area contributed by atoms with E-state index >= 15 is 0 Å². The minimum Gasteiger partial charge on any atom is -0.271 e. The Labute approximate surface area is 189 Å². The van der Waals surface area contributed by atoms with E-state index in [0.29, 0.717) is 16.3 Å². The molecule has 1 aliphatic rings. The molecular weight excluding hydrogens is 434 g/mol. The number of hydrogen-bond acceptors (Lipinski definition) is 4. The van der Waals surface area contributed by atoms with Gasteiger partial charge in [0.1, 0.15) is 6.54 Å². The number of carbonyl (C=O) groups excluding carboxylic acids is 1. The van der Waals surface area contributed by atoms with Gasteiger partial charge in [0.2, 0.25) is 0 Å². The monoisotopic (exact) mass is 461 g/mol. The maximum Gasteiger partial charge on any atom is 0.264 e. The van der Waals surface area contributed by atoms with Crippen LogP contribution in [0.2, 0.25) is 5.02 Å². The van der Waals surface area contributed by atoms with Crippen molar-refractivity contribution < 1.29 is 13.2 Å². The molecule has 1 N–H and O–H groups in total. The fourth-order valence-corrected chi connectivity index (χ4v) is 5.27. The summed E-state index contributed by atoms with van der Waals surface area (Å²) in [5.74, 6) is -0.492. The van der Waals surface area contributed by atoms with Gasteiger partial charge in [0.15, 0.2) is 0 Å². The maximum absolute atomic E-state index is 13.4. The standard InChI is InChI=1S/C23H28ClN3O3S/c1-18-14-15-19(24)16-22(18)27(31(29,30)21-12-8-5-9-13-21)17-23(28)26-25-20-10-6-3-2-4-7-11-20/h5,8-9,12-16H,2-4,6-7,10-11,17H2,1H3,(H,26,28). The lowest BCUT2D eigenvalue weighted by molar-refractivity contribution is -0.119. The molecule has 1 fully saturated rings. The van der Waals surface area contributed by atoms with Crippen LogP contribution in [0.5, 0.6) is 0 Å². The summed E-state index contributed by atoms with van der Waals surface area (Å²) in [7, 11) is -3.98. The summed E-state index contributed by atoms with van der Waals surface area (Å²) in [5, 5.41) is 4.69. The number of hydrogen-bond donors (Lipinski definition) is 1. The fourth-order valence-electron chi connectivity index (χ4n) is 3.60. The van der Waals surface area contributed by atoms with Crippen molar-refractivity contribution in [2.75, 3.05) is 10.8 Å². The molecule has 0 saturated heterocycles. The van der Waals surface area contributed by atoms with Gasteiger partial charge >= 0.3 is 0 Å². The number of carbonyl (C=O) groups is 1. The van der Waals surface area contributed by atoms with Crippen molar-refractivity contribution in [3.63, 3.8) is 0 Å². The number of amides is 1. The number of benzene rings is 2. The minimum atomic E-state index is -3.98. The topological polar surface area (TPSA) is 78.8 Å². The van der Waals surface area contributed by atoms with Crippen molar-refractivity contribution in [1.29, 1.82) is 0 Å². The highest BCUT2D eigenvalue weighted by Gasteiger charge is 2.28. The van der Waals surface area contributed by atoms with Gasteiger partial charge in [0, 0.05) is 10.7 Å². The van der Waals surface area contributed by atoms with Crippen molar-refractivity contribution in [1.82, 2.24) is 5.43 Å². The van der Waals surface area contributed by atoms with Gasteiger partial charge in [0.25, 0.3) is 15.9 Å². The van der Waals surface area contributed by atoms with Crippen molar-refractivity contribution in [2.45, 2.75) is 56.8 Å². The fraction of sp³-hybridized carbons (Fsp3) is 0.391. The van der Waals surface area contributed by atoms with Gasteiger partial charge < -0.3 is 0 Å². The Kier molecular flexibility index (Phi) is 8.09. The molecule has 0 aromatic heterocycles. The number of rotatable bonds is 6. The first-order valence-corrected chi connectivity index (χ1v) is 12.4. The third-order valence-corrected chi connectivity index (χ3v) is 7.34. The van der Waals surface area contributed by atoms with Crippen LogP contribution in [-0.4, -0.2) is 26.6 Å². The molecule has 0 heterocycles. The van der Waals surface area contributed by atoms with E-state index in [1.165, 1.54) is 31.4 Å². The second kappa shape index (κ2) is 10.8. The average molecular weight is 462 g/mol. The van der Waals surface area contributed by atoms with Crippen LogP contribution in [0.4, 0.5) is 5.69 Å². The largest absolute Gasteiger partial charge is 0.271 e. The van der Waals surface area contributed by atoms with Crippen LogP contribution in [0, 0.1) is 6.92 Å². The normalized spacial score (nSPS) is 15.0. The number of aryl methyl sites for hydroxylation is 1. The molecule has 0 aliphatic heterocycles. The van der Waals surface area contributed by atoms with Crippen LogP contribution in [0.25, 0.3) is 0 Å². The molecule has 8 heteroatoms. The first kappa shape index (κ1) is 23.3. The van der Waals surface area contributed by atoms with Crippen molar-refractivity contribution in [3.05, 3.63) is 59.1 Å². The molecule has 2 aromatic carbocycles. The van der Waals surface area contributed by atoms with E-state index in [1.807, 2.05) is 0 Å². The second-order valence-corrected chi connectivity index (χ2v) is 10.0. The minimum absolute atomic E-state index is 0.105. The van der Waals surface area contributed by atoms with Gasteiger partial charge in [-0.15, -0.1) is 0 Å². The van der Waals surface area contributed by atoms with Crippen LogP contribution >= 0.6 is 11.6 Å². The van der Waals surface area contributed by atoms with Gasteiger partial charge in [0.05, 0.1) is 10.6 Å². The molecule has 0 radical (unpaired) electrons. The Morgan fingerprint density at radius 2 is 1.68 bits per heavy atom. The number of hydrazone groups is 1. The van der Waals surface area contributed by atoms with E-state index in [-0.39, 0.29) is 4.90 Å². The molecule has 1 saturated carbocycles. The predicted octanol–water partition coefficient (Wildman–Crippen LogP) is 5.06. The summed E-state index contributed by atoms with van der Waals surface area (Å²) in [6.45, 7) is 1.39. The van der Waals surface area contributed by atoms with E-state index in [0.717, 1.165) is 35.7 Å². The molecule has 0 atom stereocenters. The number of nitrogens with one attached hydrogen (secondary N) is 1. The van der Waals surface area contributed by atoms with Gasteiger partial charge in [-0.05, 0) is 62.4 Å². The van der Waals surface area contributed by atoms with Crippen molar-refractivity contribution in [3.8, 4) is 0 Å². The predicted molar refractivity (Wildman–Crippen MR) is 125 cm³/mol. The Bertz CT molecular complexity index is 1030. The average Bonchev–Trinajstić information content (AvgIpc) is 2.73. The highest BCUT2D eigenvalue weighted by atomic mass is 35.5. The zero-order valence-corrected chi connectivity index (χ0v) is 19.3. The molecule has 0 spiro atoms. The molecule has 6 nitrogen and oxygen atoms in total. The molecule has 166 valence electrons. The molecule has 1 amide bonds. The van der Waals surface area contributed by atoms with Gasteiger partial charge in [-0.2, -0.15) is 5.10 Å². The first-order chi connectivity index (χ1) is 14.9. The maximum atomic E-state index is 13.4. The zero-order valence-electron chi connectivity index (χ0n) is 17.7. The Balaban J connectivity index is 1.86. The van der Waals surface area contributed by atoms with Crippen LogP contribution < -0.4 is 9.73 Å². The van der Waals surface area contributed by atoms with E-state index in [4.69, 9.17) is 11.6 Å². The van der Waals surface area contributed by atoms with Crippen molar-refractivity contribution in [2.24, 2.45) is 5.10 Å². The third-order valence-electron chi connectivity index (χ3n) is 5.33. The van der Waals surface area contributed by atoms with Gasteiger partial charge in [-0.3, -0.25) is 9.10 Å². The summed E-state index contributed by atoms with van der Waals surface area (Å²) >= 11 is 6.14. The molecule has 2 aromatic rings. The number of anilines is 1. The summed E-state index contributed by atoms with van der Waals surface area (Å²) in [5.41, 5.74) is 4.59. The first-order valence-electron chi connectivity index (χ1n) is 10.6. The van der Waals surface area contributed by atoms with Crippen LogP contribution in [0.15, 0.2) is 58.5 Å². The lowest BCUT2D eigenvalue weighted by atomic mass is 9.99. The summed E-state index contributed by atoms with van der Waals surface area (Å²) in [6.07, 6.45) is 7.43. The molecule has 0 bridgehead atoms. The number of sulfonamides is 1.